The van der Waals surface area contributed by atoms with Crippen LogP contribution in [0.5, 0.6) is 0 Å². The fraction of sp³-hybridized carbons (Fsp3) is 0.111. The molecule has 0 aliphatic heterocycles. The number of aromatic nitrogens is 2. The predicted molar refractivity (Wildman–Crippen MR) is 84.4 cm³/mol. The molecule has 4 heterocycles. The lowest BCUT2D eigenvalue weighted by molar-refractivity contribution is 0.0947. The lowest BCUT2D eigenvalue weighted by Gasteiger charge is -2.07. The van der Waals surface area contributed by atoms with Crippen LogP contribution < -0.4 is 0 Å². The largest absolute Gasteiger partial charge is 0.452 e. The normalized spacial score (nSPS) is 13.6. The molecule has 6 heteroatoms. The number of pyridine rings is 2. The first kappa shape index (κ1) is 13.2. The molecule has 24 heavy (non-hydrogen) atoms. The zero-order chi connectivity index (χ0) is 16.6. The molecule has 0 atom stereocenters. The van der Waals surface area contributed by atoms with Crippen LogP contribution in [0.3, 0.4) is 0 Å². The topological polar surface area (TPSA) is 86.2 Å². The van der Waals surface area contributed by atoms with Crippen molar-refractivity contribution in [2.24, 2.45) is 0 Å². The highest BCUT2D eigenvalue weighted by atomic mass is 16.4. The van der Waals surface area contributed by atoms with Crippen molar-refractivity contribution in [2.45, 2.75) is 13.8 Å². The molecule has 0 amide bonds. The average Bonchev–Trinajstić information content (AvgIpc) is 3.10. The van der Waals surface area contributed by atoms with Gasteiger partial charge in [0.15, 0.2) is 17.1 Å². The minimum atomic E-state index is -0.363. The highest BCUT2D eigenvalue weighted by Gasteiger charge is 2.39. The van der Waals surface area contributed by atoms with Crippen molar-refractivity contribution in [3.05, 3.63) is 58.6 Å². The molecule has 4 aromatic heterocycles. The van der Waals surface area contributed by atoms with Crippen molar-refractivity contribution in [1.29, 1.82) is 0 Å². The van der Waals surface area contributed by atoms with E-state index >= 15 is 0 Å². The molecule has 0 bridgehead atoms. The third kappa shape index (κ3) is 1.49. The molecule has 116 valence electrons. The second-order valence-electron chi connectivity index (χ2n) is 5.91. The number of carbonyl (C=O) groups is 2. The van der Waals surface area contributed by atoms with E-state index in [9.17, 15) is 9.59 Å². The van der Waals surface area contributed by atoms with Gasteiger partial charge in [0.1, 0.15) is 5.58 Å². The molecule has 1 aliphatic carbocycles. The maximum Gasteiger partial charge on any atom is 0.233 e. The van der Waals surface area contributed by atoms with E-state index in [4.69, 9.17) is 8.83 Å². The van der Waals surface area contributed by atoms with Gasteiger partial charge >= 0.3 is 0 Å². The molecule has 5 rings (SSSR count). The molecular weight excluding hydrogens is 308 g/mol. The van der Waals surface area contributed by atoms with Crippen LogP contribution in [0.1, 0.15) is 43.6 Å². The predicted octanol–water partition coefficient (Wildman–Crippen LogP) is 3.36. The van der Waals surface area contributed by atoms with Crippen molar-refractivity contribution in [1.82, 2.24) is 9.97 Å². The van der Waals surface area contributed by atoms with E-state index in [0.29, 0.717) is 21.9 Å². The van der Waals surface area contributed by atoms with Gasteiger partial charge in [0.05, 0.1) is 22.7 Å². The molecule has 0 saturated carbocycles. The van der Waals surface area contributed by atoms with Gasteiger partial charge in [-0.25, -0.2) is 0 Å². The van der Waals surface area contributed by atoms with Crippen LogP contribution in [0.25, 0.3) is 21.9 Å². The first-order chi connectivity index (χ1) is 11.5. The number of aryl methyl sites for hydroxylation is 2. The summed E-state index contributed by atoms with van der Waals surface area (Å²) < 4.78 is 11.3. The van der Waals surface area contributed by atoms with Crippen LogP contribution in [-0.4, -0.2) is 21.5 Å². The molecule has 0 aromatic carbocycles. The van der Waals surface area contributed by atoms with Gasteiger partial charge in [0.25, 0.3) is 0 Å². The fourth-order valence-electron chi connectivity index (χ4n) is 3.20. The monoisotopic (exact) mass is 318 g/mol. The van der Waals surface area contributed by atoms with E-state index in [1.54, 1.807) is 18.3 Å². The maximum atomic E-state index is 12.9. The van der Waals surface area contributed by atoms with E-state index in [2.05, 4.69) is 9.97 Å². The molecule has 0 N–H and O–H groups in total. The number of furan rings is 2. The molecule has 0 radical (unpaired) electrons. The Morgan fingerprint density at radius 1 is 0.750 bits per heavy atom. The van der Waals surface area contributed by atoms with Crippen molar-refractivity contribution < 1.29 is 18.4 Å². The summed E-state index contributed by atoms with van der Waals surface area (Å²) in [4.78, 5) is 34.2. The second kappa shape index (κ2) is 4.17. The van der Waals surface area contributed by atoms with Crippen LogP contribution in [0, 0.1) is 13.8 Å². The molecule has 4 aromatic rings. The number of ketones is 2. The Morgan fingerprint density at radius 3 is 2.08 bits per heavy atom. The Balaban J connectivity index is 1.88. The average molecular weight is 318 g/mol. The minimum Gasteiger partial charge on any atom is -0.452 e. The third-order valence-corrected chi connectivity index (χ3v) is 4.29. The standard InChI is InChI=1S/C18H10N2O4/c1-7-3-9-12(6-20-7)24-17-13(9)15(21)18-14(16(17)22)10-5-19-8(2)4-11(10)23-18/h3-6H,1-2H3. The molecule has 0 spiro atoms. The number of carbonyl (C=O) groups excluding carboxylic acids is 2. The van der Waals surface area contributed by atoms with Gasteiger partial charge < -0.3 is 8.83 Å². The Hall–Kier alpha value is -3.28. The zero-order valence-corrected chi connectivity index (χ0v) is 12.8. The Morgan fingerprint density at radius 2 is 1.33 bits per heavy atom. The fourth-order valence-corrected chi connectivity index (χ4v) is 3.20. The number of rotatable bonds is 0. The summed E-state index contributed by atoms with van der Waals surface area (Å²) in [5.41, 5.74) is 2.84. The summed E-state index contributed by atoms with van der Waals surface area (Å²) in [5, 5.41) is 1.10. The van der Waals surface area contributed by atoms with Gasteiger partial charge in [0.2, 0.25) is 11.6 Å². The van der Waals surface area contributed by atoms with E-state index in [0.717, 1.165) is 11.4 Å². The minimum absolute atomic E-state index is 0.0400. The van der Waals surface area contributed by atoms with Crippen molar-refractivity contribution in [3.8, 4) is 0 Å². The SMILES string of the molecule is Cc1cc2oc3c(c2cn1)C(=O)c1oc2cnc(C)cc2c1C3=O. The maximum absolute atomic E-state index is 12.9. The lowest BCUT2D eigenvalue weighted by Crippen LogP contribution is -2.17. The molecule has 0 fully saturated rings. The summed E-state index contributed by atoms with van der Waals surface area (Å²) in [7, 11) is 0. The number of fused-ring (bicyclic) bond motifs is 6. The lowest BCUT2D eigenvalue weighted by atomic mass is 9.91. The Bertz CT molecular complexity index is 1210. The van der Waals surface area contributed by atoms with E-state index < -0.39 is 0 Å². The van der Waals surface area contributed by atoms with Gasteiger partial charge in [-0.1, -0.05) is 0 Å². The smallest absolute Gasteiger partial charge is 0.233 e. The Labute approximate surface area is 135 Å². The van der Waals surface area contributed by atoms with E-state index in [1.165, 1.54) is 6.20 Å². The number of nitrogens with zero attached hydrogens (tertiary/aromatic N) is 2. The summed E-state index contributed by atoms with van der Waals surface area (Å²) in [5.74, 6) is -0.624. The van der Waals surface area contributed by atoms with Crippen molar-refractivity contribution in [3.63, 3.8) is 0 Å². The summed E-state index contributed by atoms with van der Waals surface area (Å²) in [6.07, 6.45) is 3.08. The highest BCUT2D eigenvalue weighted by Crippen LogP contribution is 2.39. The van der Waals surface area contributed by atoms with Gasteiger partial charge in [-0.3, -0.25) is 19.6 Å². The van der Waals surface area contributed by atoms with E-state index in [1.807, 2.05) is 13.8 Å². The summed E-state index contributed by atoms with van der Waals surface area (Å²) in [6, 6.07) is 3.45. The molecular formula is C18H10N2O4. The molecule has 0 unspecified atom stereocenters. The Kier molecular flexibility index (Phi) is 2.29. The number of hydrogen-bond acceptors (Lipinski definition) is 6. The van der Waals surface area contributed by atoms with Gasteiger partial charge in [-0.05, 0) is 19.9 Å². The van der Waals surface area contributed by atoms with Crippen LogP contribution in [0.4, 0.5) is 0 Å². The first-order valence-corrected chi connectivity index (χ1v) is 7.42. The van der Waals surface area contributed by atoms with Gasteiger partial charge in [0, 0.05) is 29.0 Å². The highest BCUT2D eigenvalue weighted by molar-refractivity contribution is 6.33. The third-order valence-electron chi connectivity index (χ3n) is 4.29. The van der Waals surface area contributed by atoms with Crippen molar-refractivity contribution in [2.75, 3.05) is 0 Å². The summed E-state index contributed by atoms with van der Waals surface area (Å²) >= 11 is 0. The van der Waals surface area contributed by atoms with Gasteiger partial charge in [-0.15, -0.1) is 0 Å². The first-order valence-electron chi connectivity index (χ1n) is 7.42. The van der Waals surface area contributed by atoms with Crippen LogP contribution in [0.15, 0.2) is 33.4 Å². The number of hydrogen-bond donors (Lipinski definition) is 0. The molecule has 1 aliphatic rings. The molecule has 0 saturated heterocycles. The van der Waals surface area contributed by atoms with Crippen LogP contribution in [-0.2, 0) is 0 Å². The van der Waals surface area contributed by atoms with Crippen LogP contribution in [0.2, 0.25) is 0 Å². The van der Waals surface area contributed by atoms with Gasteiger partial charge in [-0.2, -0.15) is 0 Å². The van der Waals surface area contributed by atoms with Crippen molar-refractivity contribution >= 4 is 33.5 Å². The zero-order valence-electron chi connectivity index (χ0n) is 12.8. The van der Waals surface area contributed by atoms with Crippen LogP contribution >= 0.6 is 0 Å². The quantitative estimate of drug-likeness (QED) is 0.435. The summed E-state index contributed by atoms with van der Waals surface area (Å²) in [6.45, 7) is 3.63. The molecule has 6 nitrogen and oxygen atoms in total. The van der Waals surface area contributed by atoms with E-state index in [-0.39, 0.29) is 34.2 Å². The second-order valence-corrected chi connectivity index (χ2v) is 5.91.